The maximum Gasteiger partial charge on any atom is 0.225 e. The third-order valence-electron chi connectivity index (χ3n) is 3.88. The van der Waals surface area contributed by atoms with Crippen LogP contribution in [-0.2, 0) is 4.79 Å². The molecule has 0 aliphatic carbocycles. The van der Waals surface area contributed by atoms with Gasteiger partial charge >= 0.3 is 0 Å². The van der Waals surface area contributed by atoms with Gasteiger partial charge in [-0.05, 0) is 19.8 Å². The Balaban J connectivity index is 1.84. The van der Waals surface area contributed by atoms with Crippen LogP contribution in [0.1, 0.15) is 19.8 Å². The van der Waals surface area contributed by atoms with Crippen LogP contribution in [0.4, 0.5) is 11.6 Å². The number of amides is 1. The summed E-state index contributed by atoms with van der Waals surface area (Å²) in [4.78, 5) is 22.8. The van der Waals surface area contributed by atoms with Gasteiger partial charge in [0.05, 0.1) is 24.4 Å². The topological polar surface area (TPSA) is 70.2 Å². The lowest BCUT2D eigenvalue weighted by atomic mass is 9.91. The fourth-order valence-corrected chi connectivity index (χ4v) is 3.00. The third-order valence-corrected chi connectivity index (χ3v) is 3.88. The van der Waals surface area contributed by atoms with Gasteiger partial charge < -0.3 is 15.5 Å². The normalized spacial score (nSPS) is 25.9. The second kappa shape index (κ2) is 5.03. The minimum atomic E-state index is 0.110. The van der Waals surface area contributed by atoms with Crippen LogP contribution in [0.15, 0.2) is 12.4 Å². The van der Waals surface area contributed by atoms with Crippen molar-refractivity contribution in [2.75, 3.05) is 29.9 Å². The van der Waals surface area contributed by atoms with E-state index in [1.165, 1.54) is 0 Å². The molecule has 2 fully saturated rings. The zero-order chi connectivity index (χ0) is 13.2. The van der Waals surface area contributed by atoms with Gasteiger partial charge in [-0.1, -0.05) is 0 Å². The lowest BCUT2D eigenvalue weighted by Gasteiger charge is -2.36. The summed E-state index contributed by atoms with van der Waals surface area (Å²) < 4.78 is 0. The molecule has 1 amide bonds. The Kier molecular flexibility index (Phi) is 3.23. The molecule has 0 saturated carbocycles. The lowest BCUT2D eigenvalue weighted by Crippen LogP contribution is -2.46. The van der Waals surface area contributed by atoms with Gasteiger partial charge in [0.25, 0.3) is 0 Å². The first-order chi connectivity index (χ1) is 9.29. The van der Waals surface area contributed by atoms with Crippen molar-refractivity contribution in [1.29, 1.82) is 0 Å². The summed E-state index contributed by atoms with van der Waals surface area (Å²) in [6.07, 6.45) is 5.52. The third kappa shape index (κ3) is 2.22. The number of hydrogen-bond acceptors (Lipinski definition) is 5. The summed E-state index contributed by atoms with van der Waals surface area (Å²) in [5.74, 6) is 1.95. The van der Waals surface area contributed by atoms with E-state index in [0.717, 1.165) is 44.1 Å². The standard InChI is InChI=1S/C13H19N5O/c1-2-15-11-7-14-8-12(17-11)18-5-3-4-9-10(18)6-16-13(9)19/h7-10H,2-6H2,1H3,(H,15,17)(H,16,19). The van der Waals surface area contributed by atoms with Crippen LogP contribution in [0.3, 0.4) is 0 Å². The molecular weight excluding hydrogens is 242 g/mol. The van der Waals surface area contributed by atoms with E-state index in [2.05, 4.69) is 25.5 Å². The average molecular weight is 261 g/mol. The number of nitrogens with one attached hydrogen (secondary N) is 2. The van der Waals surface area contributed by atoms with Crippen molar-refractivity contribution < 1.29 is 4.79 Å². The molecular formula is C13H19N5O. The van der Waals surface area contributed by atoms with Gasteiger partial charge in [-0.25, -0.2) is 4.98 Å². The van der Waals surface area contributed by atoms with E-state index in [4.69, 9.17) is 0 Å². The molecule has 3 heterocycles. The van der Waals surface area contributed by atoms with Crippen LogP contribution in [-0.4, -0.2) is 41.6 Å². The molecule has 2 N–H and O–H groups in total. The highest BCUT2D eigenvalue weighted by atomic mass is 16.2. The Morgan fingerprint density at radius 1 is 1.53 bits per heavy atom. The highest BCUT2D eigenvalue weighted by molar-refractivity contribution is 5.83. The highest BCUT2D eigenvalue weighted by Gasteiger charge is 2.41. The number of carbonyl (C=O) groups is 1. The zero-order valence-electron chi connectivity index (χ0n) is 11.1. The molecule has 2 atom stereocenters. The van der Waals surface area contributed by atoms with Crippen molar-refractivity contribution in [3.63, 3.8) is 0 Å². The zero-order valence-corrected chi connectivity index (χ0v) is 11.1. The molecule has 0 bridgehead atoms. The first-order valence-corrected chi connectivity index (χ1v) is 6.90. The number of piperidine rings is 1. The van der Waals surface area contributed by atoms with E-state index in [-0.39, 0.29) is 17.9 Å². The number of rotatable bonds is 3. The fraction of sp³-hybridized carbons (Fsp3) is 0.615. The van der Waals surface area contributed by atoms with Gasteiger partial charge in [-0.15, -0.1) is 0 Å². The molecule has 0 spiro atoms. The van der Waals surface area contributed by atoms with Gasteiger partial charge in [0.15, 0.2) is 0 Å². The molecule has 2 aliphatic heterocycles. The molecule has 6 nitrogen and oxygen atoms in total. The van der Waals surface area contributed by atoms with Crippen molar-refractivity contribution in [3.8, 4) is 0 Å². The summed E-state index contributed by atoms with van der Waals surface area (Å²) in [6.45, 7) is 4.52. The van der Waals surface area contributed by atoms with Gasteiger partial charge in [0, 0.05) is 19.6 Å². The summed E-state index contributed by atoms with van der Waals surface area (Å²) in [5.41, 5.74) is 0. The molecule has 0 radical (unpaired) electrons. The largest absolute Gasteiger partial charge is 0.369 e. The Labute approximate surface area is 112 Å². The maximum atomic E-state index is 11.8. The first-order valence-electron chi connectivity index (χ1n) is 6.90. The fourth-order valence-electron chi connectivity index (χ4n) is 3.00. The van der Waals surface area contributed by atoms with E-state index >= 15 is 0 Å². The summed E-state index contributed by atoms with van der Waals surface area (Å²) in [6, 6.07) is 0.229. The van der Waals surface area contributed by atoms with Crippen molar-refractivity contribution in [3.05, 3.63) is 12.4 Å². The Hall–Kier alpha value is -1.85. The molecule has 2 aliphatic rings. The van der Waals surface area contributed by atoms with Gasteiger partial charge in [-0.2, -0.15) is 0 Å². The van der Waals surface area contributed by atoms with E-state index < -0.39 is 0 Å². The number of hydrogen-bond donors (Lipinski definition) is 2. The van der Waals surface area contributed by atoms with Crippen LogP contribution in [0.5, 0.6) is 0 Å². The lowest BCUT2D eigenvalue weighted by molar-refractivity contribution is -0.122. The van der Waals surface area contributed by atoms with E-state index in [0.29, 0.717) is 0 Å². The number of carbonyl (C=O) groups excluding carboxylic acids is 1. The molecule has 102 valence electrons. The monoisotopic (exact) mass is 261 g/mol. The molecule has 1 aromatic rings. The van der Waals surface area contributed by atoms with Crippen molar-refractivity contribution in [1.82, 2.24) is 15.3 Å². The smallest absolute Gasteiger partial charge is 0.225 e. The van der Waals surface area contributed by atoms with Crippen molar-refractivity contribution in [2.24, 2.45) is 5.92 Å². The van der Waals surface area contributed by atoms with Crippen LogP contribution < -0.4 is 15.5 Å². The Morgan fingerprint density at radius 3 is 3.26 bits per heavy atom. The van der Waals surface area contributed by atoms with Crippen LogP contribution in [0, 0.1) is 5.92 Å². The molecule has 2 saturated heterocycles. The van der Waals surface area contributed by atoms with Crippen LogP contribution in [0.25, 0.3) is 0 Å². The predicted molar refractivity (Wildman–Crippen MR) is 73.1 cm³/mol. The molecule has 6 heteroatoms. The molecule has 19 heavy (non-hydrogen) atoms. The second-order valence-corrected chi connectivity index (χ2v) is 5.05. The quantitative estimate of drug-likeness (QED) is 0.835. The van der Waals surface area contributed by atoms with Crippen LogP contribution >= 0.6 is 0 Å². The van der Waals surface area contributed by atoms with E-state index in [9.17, 15) is 4.79 Å². The molecule has 3 rings (SSSR count). The molecule has 1 aromatic heterocycles. The number of nitrogens with zero attached hydrogens (tertiary/aromatic N) is 3. The second-order valence-electron chi connectivity index (χ2n) is 5.05. The van der Waals surface area contributed by atoms with Crippen molar-refractivity contribution >= 4 is 17.5 Å². The number of anilines is 2. The van der Waals surface area contributed by atoms with Crippen molar-refractivity contribution in [2.45, 2.75) is 25.8 Å². The van der Waals surface area contributed by atoms with Gasteiger partial charge in [0.1, 0.15) is 11.6 Å². The maximum absolute atomic E-state index is 11.8. The van der Waals surface area contributed by atoms with E-state index in [1.807, 2.05) is 6.92 Å². The van der Waals surface area contributed by atoms with E-state index in [1.54, 1.807) is 12.4 Å². The Bertz CT molecular complexity index is 478. The summed E-state index contributed by atoms with van der Waals surface area (Å²) >= 11 is 0. The SMILES string of the molecule is CCNc1cncc(N2CCCC3C(=O)NCC32)n1. The minimum Gasteiger partial charge on any atom is -0.369 e. The summed E-state index contributed by atoms with van der Waals surface area (Å²) in [5, 5.41) is 6.13. The van der Waals surface area contributed by atoms with Gasteiger partial charge in [-0.3, -0.25) is 9.78 Å². The summed E-state index contributed by atoms with van der Waals surface area (Å²) in [7, 11) is 0. The molecule has 2 unspecified atom stereocenters. The minimum absolute atomic E-state index is 0.110. The highest BCUT2D eigenvalue weighted by Crippen LogP contribution is 2.30. The molecule has 0 aromatic carbocycles. The predicted octanol–water partition coefficient (Wildman–Crippen LogP) is 0.623. The van der Waals surface area contributed by atoms with Crippen LogP contribution in [0.2, 0.25) is 0 Å². The number of aromatic nitrogens is 2. The van der Waals surface area contributed by atoms with Gasteiger partial charge in [0.2, 0.25) is 5.91 Å². The Morgan fingerprint density at radius 2 is 2.42 bits per heavy atom. The first kappa shape index (κ1) is 12.2. The average Bonchev–Trinajstić information content (AvgIpc) is 2.81. The number of fused-ring (bicyclic) bond motifs is 1.